The Labute approximate surface area is 188 Å². The Morgan fingerprint density at radius 2 is 1.73 bits per heavy atom. The third-order valence-corrected chi connectivity index (χ3v) is 6.28. The zero-order chi connectivity index (χ0) is 23.2. The Balaban J connectivity index is 1.45. The van der Waals surface area contributed by atoms with E-state index < -0.39 is 11.8 Å². The summed E-state index contributed by atoms with van der Waals surface area (Å²) in [4.78, 5) is 13.3. The van der Waals surface area contributed by atoms with Crippen LogP contribution in [-0.2, 0) is 16.6 Å². The van der Waals surface area contributed by atoms with Crippen molar-refractivity contribution in [2.45, 2.75) is 38.0 Å². The van der Waals surface area contributed by atoms with Crippen molar-refractivity contribution in [3.8, 4) is 28.4 Å². The van der Waals surface area contributed by atoms with Crippen LogP contribution >= 0.6 is 0 Å². The third-order valence-electron chi connectivity index (χ3n) is 6.28. The average Bonchev–Trinajstić information content (AvgIpc) is 3.45. The molecule has 1 saturated carbocycles. The Kier molecular flexibility index (Phi) is 5.07. The molecule has 3 aromatic rings. The van der Waals surface area contributed by atoms with Gasteiger partial charge in [0.05, 0.1) is 5.41 Å². The predicted octanol–water partition coefficient (Wildman–Crippen LogP) is 6.13. The smallest absolute Gasteiger partial charge is 0.454 e. The molecule has 2 aliphatic rings. The van der Waals surface area contributed by atoms with E-state index in [1.807, 2.05) is 37.3 Å². The molecule has 0 saturated heterocycles. The topological polar surface area (TPSA) is 44.8 Å². The lowest BCUT2D eigenvalue weighted by Crippen LogP contribution is -2.22. The number of fused-ring (bicyclic) bond motifs is 1. The average molecular weight is 454 g/mol. The van der Waals surface area contributed by atoms with Gasteiger partial charge in [-0.25, -0.2) is 0 Å². The fourth-order valence-corrected chi connectivity index (χ4v) is 4.39. The summed E-state index contributed by atoms with van der Waals surface area (Å²) < 4.78 is 54.1. The molecular weight excluding hydrogens is 433 g/mol. The number of hydrogen-bond acceptors (Lipinski definition) is 4. The molecule has 1 fully saturated rings. The van der Waals surface area contributed by atoms with Crippen LogP contribution in [0.15, 0.2) is 60.7 Å². The number of ketones is 1. The molecule has 0 atom stereocenters. The van der Waals surface area contributed by atoms with E-state index in [2.05, 4.69) is 4.74 Å². The maximum Gasteiger partial charge on any atom is 0.573 e. The summed E-state index contributed by atoms with van der Waals surface area (Å²) in [6.45, 7) is 1.98. The largest absolute Gasteiger partial charge is 0.573 e. The summed E-state index contributed by atoms with van der Waals surface area (Å²) in [6.07, 6.45) is -3.25. The second-order valence-corrected chi connectivity index (χ2v) is 8.44. The van der Waals surface area contributed by atoms with E-state index in [-0.39, 0.29) is 24.7 Å². The van der Waals surface area contributed by atoms with Crippen LogP contribution in [0.25, 0.3) is 11.1 Å². The Morgan fingerprint density at radius 3 is 2.45 bits per heavy atom. The summed E-state index contributed by atoms with van der Waals surface area (Å²) in [6, 6.07) is 17.1. The minimum Gasteiger partial charge on any atom is -0.454 e. The van der Waals surface area contributed by atoms with E-state index in [0.717, 1.165) is 24.0 Å². The summed E-state index contributed by atoms with van der Waals surface area (Å²) >= 11 is 0. The Morgan fingerprint density at radius 1 is 0.970 bits per heavy atom. The third kappa shape index (κ3) is 4.15. The molecule has 0 amide bonds. The summed E-state index contributed by atoms with van der Waals surface area (Å²) in [7, 11) is 0. The lowest BCUT2D eigenvalue weighted by atomic mass is 9.87. The van der Waals surface area contributed by atoms with Crippen LogP contribution < -0.4 is 14.2 Å². The van der Waals surface area contributed by atoms with E-state index in [9.17, 15) is 18.0 Å². The first-order valence-electron chi connectivity index (χ1n) is 10.6. The van der Waals surface area contributed by atoms with Crippen molar-refractivity contribution >= 4 is 5.78 Å². The van der Waals surface area contributed by atoms with Crippen molar-refractivity contribution in [2.24, 2.45) is 0 Å². The molecule has 7 heteroatoms. The normalized spacial score (nSPS) is 15.9. The number of carbonyl (C=O) groups excluding carboxylic acids is 1. The van der Waals surface area contributed by atoms with Crippen LogP contribution in [0, 0.1) is 6.92 Å². The van der Waals surface area contributed by atoms with Crippen LogP contribution in [0.2, 0.25) is 0 Å². The highest BCUT2D eigenvalue weighted by Gasteiger charge is 2.50. The number of rotatable bonds is 6. The molecule has 33 heavy (non-hydrogen) atoms. The van der Waals surface area contributed by atoms with Crippen LogP contribution in [-0.4, -0.2) is 18.9 Å². The second kappa shape index (κ2) is 7.83. The molecule has 4 nitrogen and oxygen atoms in total. The minimum atomic E-state index is -4.81. The number of carbonyl (C=O) groups is 1. The molecule has 1 heterocycles. The summed E-state index contributed by atoms with van der Waals surface area (Å²) in [5.74, 6) is 1.03. The van der Waals surface area contributed by atoms with Crippen LogP contribution in [0.5, 0.6) is 17.2 Å². The minimum absolute atomic E-state index is 0.0292. The van der Waals surface area contributed by atoms with Crippen molar-refractivity contribution in [1.29, 1.82) is 0 Å². The maximum atomic E-state index is 13.3. The molecule has 1 aliphatic carbocycles. The van der Waals surface area contributed by atoms with E-state index in [4.69, 9.17) is 9.47 Å². The molecule has 3 aromatic carbocycles. The van der Waals surface area contributed by atoms with E-state index >= 15 is 0 Å². The predicted molar refractivity (Wildman–Crippen MR) is 115 cm³/mol. The van der Waals surface area contributed by atoms with Gasteiger partial charge in [-0.3, -0.25) is 4.79 Å². The Hall–Kier alpha value is -3.48. The van der Waals surface area contributed by atoms with Gasteiger partial charge in [0, 0.05) is 12.0 Å². The fraction of sp³-hybridized carbons (Fsp3) is 0.269. The molecular formula is C26H21F3O4. The van der Waals surface area contributed by atoms with Gasteiger partial charge in [0.25, 0.3) is 0 Å². The first-order valence-corrected chi connectivity index (χ1v) is 10.6. The number of Topliss-reactive ketones (excluding diaryl/α,β-unsaturated/α-hetero) is 1. The molecule has 0 spiro atoms. The van der Waals surface area contributed by atoms with Crippen molar-refractivity contribution < 1.29 is 32.2 Å². The maximum absolute atomic E-state index is 13.3. The molecule has 0 bridgehead atoms. The molecule has 0 aromatic heterocycles. The molecule has 1 aliphatic heterocycles. The van der Waals surface area contributed by atoms with Crippen LogP contribution in [0.1, 0.15) is 29.5 Å². The number of hydrogen-bond donors (Lipinski definition) is 0. The number of aryl methyl sites for hydroxylation is 1. The number of alkyl halides is 3. The van der Waals surface area contributed by atoms with Gasteiger partial charge in [-0.2, -0.15) is 0 Å². The SMILES string of the molecule is Cc1ccccc1-c1cc(CC(=O)C2(c3ccc4c(c3)OCO4)CC2)ccc1OC(F)(F)F. The van der Waals surface area contributed by atoms with Crippen molar-refractivity contribution in [3.63, 3.8) is 0 Å². The number of benzene rings is 3. The van der Waals surface area contributed by atoms with E-state index in [1.165, 1.54) is 12.1 Å². The highest BCUT2D eigenvalue weighted by Crippen LogP contribution is 2.51. The first kappa shape index (κ1) is 21.4. The van der Waals surface area contributed by atoms with Gasteiger partial charge in [0.1, 0.15) is 11.5 Å². The monoisotopic (exact) mass is 454 g/mol. The summed E-state index contributed by atoms with van der Waals surface area (Å²) in [5, 5.41) is 0. The highest BCUT2D eigenvalue weighted by molar-refractivity contribution is 5.95. The molecule has 0 unspecified atom stereocenters. The zero-order valence-electron chi connectivity index (χ0n) is 17.9. The number of halogens is 3. The van der Waals surface area contributed by atoms with Gasteiger partial charge >= 0.3 is 6.36 Å². The van der Waals surface area contributed by atoms with Gasteiger partial charge < -0.3 is 14.2 Å². The van der Waals surface area contributed by atoms with Gasteiger partial charge in [-0.15, -0.1) is 13.2 Å². The van der Waals surface area contributed by atoms with Gasteiger partial charge in [-0.1, -0.05) is 36.4 Å². The van der Waals surface area contributed by atoms with Crippen molar-refractivity contribution in [2.75, 3.05) is 6.79 Å². The molecule has 170 valence electrons. The second-order valence-electron chi connectivity index (χ2n) is 8.44. The van der Waals surface area contributed by atoms with Gasteiger partial charge in [-0.05, 0) is 66.3 Å². The van der Waals surface area contributed by atoms with Gasteiger partial charge in [0.2, 0.25) is 6.79 Å². The van der Waals surface area contributed by atoms with Crippen molar-refractivity contribution in [1.82, 2.24) is 0 Å². The van der Waals surface area contributed by atoms with Crippen LogP contribution in [0.4, 0.5) is 13.2 Å². The van der Waals surface area contributed by atoms with E-state index in [0.29, 0.717) is 28.2 Å². The first-order chi connectivity index (χ1) is 15.7. The number of ether oxygens (including phenoxy) is 3. The van der Waals surface area contributed by atoms with Crippen LogP contribution in [0.3, 0.4) is 0 Å². The molecule has 0 radical (unpaired) electrons. The summed E-state index contributed by atoms with van der Waals surface area (Å²) in [5.41, 5.74) is 2.68. The standard InChI is InChI=1S/C26H21F3O4/c1-16-4-2-3-5-19(16)20-12-17(6-8-21(20)33-26(27,28)29)13-24(30)25(10-11-25)18-7-9-22-23(14-18)32-15-31-22/h2-9,12,14H,10-11,13,15H2,1H3. The fourth-order valence-electron chi connectivity index (χ4n) is 4.39. The quantitative estimate of drug-likeness (QED) is 0.449. The highest BCUT2D eigenvalue weighted by atomic mass is 19.4. The van der Waals surface area contributed by atoms with Crippen molar-refractivity contribution in [3.05, 3.63) is 77.4 Å². The zero-order valence-corrected chi connectivity index (χ0v) is 17.9. The van der Waals surface area contributed by atoms with E-state index in [1.54, 1.807) is 18.2 Å². The lowest BCUT2D eigenvalue weighted by molar-refractivity contribution is -0.274. The van der Waals surface area contributed by atoms with Gasteiger partial charge in [0.15, 0.2) is 11.5 Å². The molecule has 0 N–H and O–H groups in total. The lowest BCUT2D eigenvalue weighted by Gasteiger charge is -2.18. The Bertz CT molecular complexity index is 1230. The molecule has 5 rings (SSSR count).